The van der Waals surface area contributed by atoms with Crippen molar-refractivity contribution >= 4 is 28.1 Å². The maximum atomic E-state index is 12.4. The minimum atomic E-state index is -0.102. The van der Waals surface area contributed by atoms with Crippen LogP contribution in [0, 0.1) is 6.92 Å². The van der Waals surface area contributed by atoms with Gasteiger partial charge in [0.1, 0.15) is 0 Å². The lowest BCUT2D eigenvalue weighted by molar-refractivity contribution is 0.102. The van der Waals surface area contributed by atoms with Crippen molar-refractivity contribution in [2.75, 3.05) is 17.7 Å². The van der Waals surface area contributed by atoms with Crippen LogP contribution >= 0.6 is 11.3 Å². The van der Waals surface area contributed by atoms with E-state index in [2.05, 4.69) is 15.6 Å². The van der Waals surface area contributed by atoms with Gasteiger partial charge in [-0.15, -0.1) is 11.3 Å². The molecule has 0 aliphatic rings. The number of hydrogen-bond acceptors (Lipinski definition) is 4. The molecule has 0 aliphatic carbocycles. The maximum absolute atomic E-state index is 12.4. The summed E-state index contributed by atoms with van der Waals surface area (Å²) in [6.45, 7) is 1.93. The second-order valence-corrected chi connectivity index (χ2v) is 6.00. The molecule has 1 heterocycles. The number of amides is 1. The van der Waals surface area contributed by atoms with Crippen molar-refractivity contribution in [3.05, 3.63) is 65.0 Å². The Morgan fingerprint density at radius 3 is 2.70 bits per heavy atom. The van der Waals surface area contributed by atoms with Crippen molar-refractivity contribution < 1.29 is 4.79 Å². The third kappa shape index (κ3) is 3.40. The van der Waals surface area contributed by atoms with Gasteiger partial charge in [0.15, 0.2) is 5.13 Å². The largest absolute Gasteiger partial charge is 0.365 e. The summed E-state index contributed by atoms with van der Waals surface area (Å²) in [5.74, 6) is -0.102. The lowest BCUT2D eigenvalue weighted by Gasteiger charge is -2.08. The lowest BCUT2D eigenvalue weighted by Crippen LogP contribution is -2.13. The van der Waals surface area contributed by atoms with Gasteiger partial charge < -0.3 is 10.6 Å². The molecular weight excluding hydrogens is 306 g/mol. The van der Waals surface area contributed by atoms with Gasteiger partial charge in [0, 0.05) is 29.2 Å². The molecule has 1 amide bonds. The third-order valence-electron chi connectivity index (χ3n) is 3.52. The van der Waals surface area contributed by atoms with E-state index in [0.717, 1.165) is 27.6 Å². The Bertz CT molecular complexity index is 842. The van der Waals surface area contributed by atoms with Crippen molar-refractivity contribution in [3.8, 4) is 11.3 Å². The first-order valence-electron chi connectivity index (χ1n) is 7.28. The van der Waals surface area contributed by atoms with Crippen molar-refractivity contribution in [1.29, 1.82) is 0 Å². The number of hydrogen-bond donors (Lipinski definition) is 2. The Morgan fingerprint density at radius 1 is 1.13 bits per heavy atom. The predicted octanol–water partition coefficient (Wildman–Crippen LogP) is 4.41. The maximum Gasteiger partial charge on any atom is 0.255 e. The third-order valence-corrected chi connectivity index (χ3v) is 4.38. The minimum Gasteiger partial charge on any atom is -0.365 e. The molecule has 3 rings (SSSR count). The number of thiazole rings is 1. The SMILES string of the molecule is CNc1nc(-c2cccc(NC(=O)c3ccccc3C)c2)cs1. The van der Waals surface area contributed by atoms with Gasteiger partial charge in [-0.05, 0) is 30.7 Å². The van der Waals surface area contributed by atoms with Crippen LogP contribution < -0.4 is 10.6 Å². The highest BCUT2D eigenvalue weighted by Crippen LogP contribution is 2.26. The molecule has 0 saturated heterocycles. The number of nitrogens with zero attached hydrogens (tertiary/aromatic N) is 1. The van der Waals surface area contributed by atoms with Crippen molar-refractivity contribution in [1.82, 2.24) is 4.98 Å². The molecule has 0 fully saturated rings. The van der Waals surface area contributed by atoms with E-state index in [9.17, 15) is 4.79 Å². The van der Waals surface area contributed by atoms with E-state index in [-0.39, 0.29) is 5.91 Å². The molecule has 0 saturated carbocycles. The van der Waals surface area contributed by atoms with Crippen LogP contribution in [0.15, 0.2) is 53.9 Å². The fourth-order valence-electron chi connectivity index (χ4n) is 2.30. The molecule has 2 aromatic carbocycles. The fraction of sp³-hybridized carbons (Fsp3) is 0.111. The Hall–Kier alpha value is -2.66. The second-order valence-electron chi connectivity index (χ2n) is 5.14. The molecule has 0 bridgehead atoms. The van der Waals surface area contributed by atoms with Gasteiger partial charge in [-0.2, -0.15) is 0 Å². The Kier molecular flexibility index (Phi) is 4.39. The van der Waals surface area contributed by atoms with Gasteiger partial charge in [0.05, 0.1) is 5.69 Å². The predicted molar refractivity (Wildman–Crippen MR) is 96.2 cm³/mol. The Balaban J connectivity index is 1.83. The van der Waals surface area contributed by atoms with Gasteiger partial charge in [-0.3, -0.25) is 4.79 Å². The first kappa shape index (κ1) is 15.2. The van der Waals surface area contributed by atoms with Crippen LogP contribution in [0.2, 0.25) is 0 Å². The molecule has 0 unspecified atom stereocenters. The highest BCUT2D eigenvalue weighted by atomic mass is 32.1. The summed E-state index contributed by atoms with van der Waals surface area (Å²) >= 11 is 1.55. The van der Waals surface area contributed by atoms with E-state index < -0.39 is 0 Å². The Morgan fingerprint density at radius 2 is 1.96 bits per heavy atom. The molecule has 0 radical (unpaired) electrons. The summed E-state index contributed by atoms with van der Waals surface area (Å²) in [6.07, 6.45) is 0. The number of anilines is 2. The van der Waals surface area contributed by atoms with E-state index in [1.807, 2.05) is 67.9 Å². The van der Waals surface area contributed by atoms with Gasteiger partial charge >= 0.3 is 0 Å². The summed E-state index contributed by atoms with van der Waals surface area (Å²) in [4.78, 5) is 16.9. The molecular formula is C18H17N3OS. The average molecular weight is 323 g/mol. The van der Waals surface area contributed by atoms with E-state index in [1.54, 1.807) is 11.3 Å². The van der Waals surface area contributed by atoms with Crippen molar-refractivity contribution in [2.24, 2.45) is 0 Å². The first-order chi connectivity index (χ1) is 11.2. The number of aromatic nitrogens is 1. The van der Waals surface area contributed by atoms with Crippen molar-refractivity contribution in [3.63, 3.8) is 0 Å². The van der Waals surface area contributed by atoms with Crippen LogP contribution in [0.3, 0.4) is 0 Å². The number of carbonyl (C=O) groups is 1. The first-order valence-corrected chi connectivity index (χ1v) is 8.16. The van der Waals surface area contributed by atoms with E-state index in [4.69, 9.17) is 0 Å². The molecule has 3 aromatic rings. The van der Waals surface area contributed by atoms with E-state index >= 15 is 0 Å². The number of benzene rings is 2. The number of rotatable bonds is 4. The summed E-state index contributed by atoms with van der Waals surface area (Å²) in [5.41, 5.74) is 4.27. The van der Waals surface area contributed by atoms with E-state index in [1.165, 1.54) is 0 Å². The van der Waals surface area contributed by atoms with E-state index in [0.29, 0.717) is 5.56 Å². The molecule has 4 nitrogen and oxygen atoms in total. The monoisotopic (exact) mass is 323 g/mol. The highest BCUT2D eigenvalue weighted by Gasteiger charge is 2.10. The molecule has 5 heteroatoms. The molecule has 1 aromatic heterocycles. The van der Waals surface area contributed by atoms with Gasteiger partial charge in [-0.1, -0.05) is 30.3 Å². The highest BCUT2D eigenvalue weighted by molar-refractivity contribution is 7.14. The fourth-order valence-corrected chi connectivity index (χ4v) is 2.98. The standard InChI is InChI=1S/C18H17N3OS/c1-12-6-3-4-9-15(12)17(22)20-14-8-5-7-13(10-14)16-11-23-18(19-2)21-16/h3-11H,1-2H3,(H,19,21)(H,20,22). The van der Waals surface area contributed by atoms with Gasteiger partial charge in [0.2, 0.25) is 0 Å². The summed E-state index contributed by atoms with van der Waals surface area (Å²) < 4.78 is 0. The molecule has 23 heavy (non-hydrogen) atoms. The van der Waals surface area contributed by atoms with Crippen LogP contribution in [-0.4, -0.2) is 17.9 Å². The smallest absolute Gasteiger partial charge is 0.255 e. The van der Waals surface area contributed by atoms with Gasteiger partial charge in [0.25, 0.3) is 5.91 Å². The molecule has 0 atom stereocenters. The quantitative estimate of drug-likeness (QED) is 0.747. The summed E-state index contributed by atoms with van der Waals surface area (Å²) in [5, 5.41) is 8.84. The van der Waals surface area contributed by atoms with Gasteiger partial charge in [-0.25, -0.2) is 4.98 Å². The van der Waals surface area contributed by atoms with Crippen LogP contribution in [0.4, 0.5) is 10.8 Å². The average Bonchev–Trinajstić information content (AvgIpc) is 3.04. The van der Waals surface area contributed by atoms with Crippen LogP contribution in [0.25, 0.3) is 11.3 Å². The molecule has 0 aliphatic heterocycles. The van der Waals surface area contributed by atoms with Crippen LogP contribution in [-0.2, 0) is 0 Å². The topological polar surface area (TPSA) is 54.0 Å². The lowest BCUT2D eigenvalue weighted by atomic mass is 10.1. The van der Waals surface area contributed by atoms with Crippen LogP contribution in [0.5, 0.6) is 0 Å². The zero-order valence-corrected chi connectivity index (χ0v) is 13.8. The second kappa shape index (κ2) is 6.62. The molecule has 116 valence electrons. The number of nitrogens with one attached hydrogen (secondary N) is 2. The normalized spacial score (nSPS) is 10.3. The zero-order chi connectivity index (χ0) is 16.2. The summed E-state index contributed by atoms with van der Waals surface area (Å²) in [6, 6.07) is 15.3. The number of carbonyl (C=O) groups excluding carboxylic acids is 1. The Labute approximate surface area is 139 Å². The van der Waals surface area contributed by atoms with Crippen LogP contribution in [0.1, 0.15) is 15.9 Å². The molecule has 0 spiro atoms. The zero-order valence-electron chi connectivity index (χ0n) is 13.0. The minimum absolute atomic E-state index is 0.102. The number of aryl methyl sites for hydroxylation is 1. The molecule has 2 N–H and O–H groups in total. The summed E-state index contributed by atoms with van der Waals surface area (Å²) in [7, 11) is 1.85. The van der Waals surface area contributed by atoms with Crippen molar-refractivity contribution in [2.45, 2.75) is 6.92 Å².